The number of carbonyl (C=O) groups excluding carboxylic acids is 2. The molecule has 2 amide bonds. The number of rotatable bonds is 8. The van der Waals surface area contributed by atoms with E-state index in [1.165, 1.54) is 7.11 Å². The van der Waals surface area contributed by atoms with E-state index in [9.17, 15) is 24.1 Å². The van der Waals surface area contributed by atoms with E-state index in [4.69, 9.17) is 4.74 Å². The van der Waals surface area contributed by atoms with Crippen LogP contribution in [0.2, 0.25) is 0 Å². The number of hydrogen-bond donors (Lipinski definition) is 3. The van der Waals surface area contributed by atoms with Crippen molar-refractivity contribution in [3.63, 3.8) is 0 Å². The number of quaternary nitrogens is 1. The quantitative estimate of drug-likeness (QED) is 0.456. The molecule has 3 N–H and O–H groups in total. The zero-order valence-electron chi connectivity index (χ0n) is 15.3. The number of amides is 2. The number of carbonyl (C=O) groups is 2. The van der Waals surface area contributed by atoms with E-state index in [2.05, 4.69) is 10.6 Å². The van der Waals surface area contributed by atoms with Crippen LogP contribution in [0.15, 0.2) is 42.5 Å². The van der Waals surface area contributed by atoms with Crippen LogP contribution in [0.3, 0.4) is 0 Å². The molecule has 1 atom stereocenters. The maximum atomic E-state index is 13.1. The third-order valence-corrected chi connectivity index (χ3v) is 3.73. The molecule has 2 rings (SSSR count). The molecule has 0 aromatic heterocycles. The molecule has 2 aromatic rings. The predicted molar refractivity (Wildman–Crippen MR) is 99.9 cm³/mol. The van der Waals surface area contributed by atoms with Crippen molar-refractivity contribution in [2.24, 2.45) is 0 Å². The molecule has 0 saturated carbocycles. The van der Waals surface area contributed by atoms with E-state index in [1.54, 1.807) is 31.3 Å². The van der Waals surface area contributed by atoms with Gasteiger partial charge in [0, 0.05) is 5.69 Å². The Morgan fingerprint density at radius 2 is 1.71 bits per heavy atom. The molecule has 0 saturated heterocycles. The molecule has 0 aliphatic heterocycles. The molecule has 2 aromatic carbocycles. The average Bonchev–Trinajstić information content (AvgIpc) is 2.63. The van der Waals surface area contributed by atoms with Crippen molar-refractivity contribution >= 4 is 28.9 Å². The highest BCUT2D eigenvalue weighted by Crippen LogP contribution is 2.24. The number of nitro benzene ring substituents is 1. The number of anilines is 2. The van der Waals surface area contributed by atoms with Crippen LogP contribution in [-0.4, -0.2) is 44.0 Å². The van der Waals surface area contributed by atoms with Gasteiger partial charge in [-0.15, -0.1) is 0 Å². The molecule has 9 nitrogen and oxygen atoms in total. The second-order valence-electron chi connectivity index (χ2n) is 6.05. The number of nitrogens with zero attached hydrogens (tertiary/aromatic N) is 1. The van der Waals surface area contributed by atoms with Crippen LogP contribution in [0.4, 0.5) is 21.5 Å². The van der Waals surface area contributed by atoms with Crippen LogP contribution in [0.25, 0.3) is 0 Å². The van der Waals surface area contributed by atoms with Gasteiger partial charge in [-0.25, -0.2) is 4.39 Å². The van der Waals surface area contributed by atoms with Gasteiger partial charge in [0.15, 0.2) is 13.1 Å². The lowest BCUT2D eigenvalue weighted by molar-refractivity contribution is -0.862. The first-order chi connectivity index (χ1) is 13.3. The van der Waals surface area contributed by atoms with Crippen molar-refractivity contribution in [1.82, 2.24) is 0 Å². The van der Waals surface area contributed by atoms with Crippen molar-refractivity contribution in [3.8, 4) is 5.75 Å². The number of benzene rings is 2. The van der Waals surface area contributed by atoms with Crippen LogP contribution in [-0.2, 0) is 9.59 Å². The summed E-state index contributed by atoms with van der Waals surface area (Å²) in [5.74, 6) is -0.956. The summed E-state index contributed by atoms with van der Waals surface area (Å²) in [6, 6.07) is 9.65. The first kappa shape index (κ1) is 20.8. The lowest BCUT2D eigenvalue weighted by Gasteiger charge is -2.14. The Morgan fingerprint density at radius 1 is 1.11 bits per heavy atom. The standard InChI is InChI=1S/C18H19FN4O5/c1-22(10-17(24)20-13-4-6-14(28-2)7-5-13)11-18(25)21-15-8-3-12(19)9-16(15)23(26)27/h3-9H,10-11H2,1-2H3,(H,20,24)(H,21,25)/p+1. The fourth-order valence-electron chi connectivity index (χ4n) is 2.45. The van der Waals surface area contributed by atoms with Crippen LogP contribution < -0.4 is 20.3 Å². The Balaban J connectivity index is 1.88. The van der Waals surface area contributed by atoms with E-state index < -0.39 is 22.3 Å². The molecule has 0 radical (unpaired) electrons. The van der Waals surface area contributed by atoms with Gasteiger partial charge in [0.1, 0.15) is 17.3 Å². The molecule has 0 heterocycles. The normalized spacial score (nSPS) is 11.4. The Bertz CT molecular complexity index is 873. The molecule has 1 unspecified atom stereocenters. The van der Waals surface area contributed by atoms with Gasteiger partial charge in [0.25, 0.3) is 17.5 Å². The Morgan fingerprint density at radius 3 is 2.29 bits per heavy atom. The second-order valence-corrected chi connectivity index (χ2v) is 6.05. The van der Waals surface area contributed by atoms with Crippen molar-refractivity contribution in [1.29, 1.82) is 0 Å². The number of hydrogen-bond acceptors (Lipinski definition) is 5. The molecule has 0 aliphatic rings. The monoisotopic (exact) mass is 391 g/mol. The van der Waals surface area contributed by atoms with Crippen LogP contribution in [0.5, 0.6) is 5.75 Å². The molecule has 0 bridgehead atoms. The number of nitrogens with one attached hydrogen (secondary N) is 3. The summed E-state index contributed by atoms with van der Waals surface area (Å²) in [5.41, 5.74) is -0.0554. The molecule has 10 heteroatoms. The van der Waals surface area contributed by atoms with E-state index in [1.807, 2.05) is 0 Å². The van der Waals surface area contributed by atoms with Gasteiger partial charge in [-0.2, -0.15) is 0 Å². The highest BCUT2D eigenvalue weighted by atomic mass is 19.1. The molecular formula is C18H20FN4O5+. The van der Waals surface area contributed by atoms with Gasteiger partial charge in [-0.1, -0.05) is 0 Å². The zero-order chi connectivity index (χ0) is 20.7. The summed E-state index contributed by atoms with van der Waals surface area (Å²) in [6.07, 6.45) is 0. The molecule has 0 spiro atoms. The summed E-state index contributed by atoms with van der Waals surface area (Å²) in [4.78, 5) is 34.9. The van der Waals surface area contributed by atoms with Gasteiger partial charge in [0.05, 0.1) is 25.1 Å². The summed E-state index contributed by atoms with van der Waals surface area (Å²) in [6.45, 7) is -0.102. The minimum Gasteiger partial charge on any atom is -0.497 e. The summed E-state index contributed by atoms with van der Waals surface area (Å²) >= 11 is 0. The number of methoxy groups -OCH3 is 1. The highest BCUT2D eigenvalue weighted by molar-refractivity contribution is 5.94. The van der Waals surface area contributed by atoms with Gasteiger partial charge in [-0.05, 0) is 36.4 Å². The lowest BCUT2D eigenvalue weighted by atomic mass is 10.2. The number of likely N-dealkylation sites (N-methyl/N-ethyl adjacent to an activating group) is 1. The van der Waals surface area contributed by atoms with Crippen molar-refractivity contribution in [2.45, 2.75) is 0 Å². The summed E-state index contributed by atoms with van der Waals surface area (Å²) in [7, 11) is 3.17. The van der Waals surface area contributed by atoms with Crippen LogP contribution in [0, 0.1) is 15.9 Å². The molecular weight excluding hydrogens is 371 g/mol. The minimum absolute atomic E-state index is 0.00492. The van der Waals surface area contributed by atoms with Crippen molar-refractivity contribution < 1.29 is 28.5 Å². The van der Waals surface area contributed by atoms with Gasteiger partial charge in [-0.3, -0.25) is 19.7 Å². The zero-order valence-corrected chi connectivity index (χ0v) is 15.3. The van der Waals surface area contributed by atoms with E-state index in [0.29, 0.717) is 16.3 Å². The Hall–Kier alpha value is -3.53. The number of ether oxygens (including phenoxy) is 1. The summed E-state index contributed by atoms with van der Waals surface area (Å²) < 4.78 is 18.2. The predicted octanol–water partition coefficient (Wildman–Crippen LogP) is 0.834. The smallest absolute Gasteiger partial charge is 0.295 e. The van der Waals surface area contributed by atoms with E-state index >= 15 is 0 Å². The first-order valence-corrected chi connectivity index (χ1v) is 8.27. The fraction of sp³-hybridized carbons (Fsp3) is 0.222. The van der Waals surface area contributed by atoms with Crippen LogP contribution in [0.1, 0.15) is 0 Å². The maximum absolute atomic E-state index is 13.1. The number of halogens is 1. The van der Waals surface area contributed by atoms with E-state index in [0.717, 1.165) is 18.2 Å². The van der Waals surface area contributed by atoms with Gasteiger partial charge in [0.2, 0.25) is 0 Å². The third-order valence-electron chi connectivity index (χ3n) is 3.73. The minimum atomic E-state index is -0.780. The van der Waals surface area contributed by atoms with E-state index in [-0.39, 0.29) is 24.7 Å². The average molecular weight is 391 g/mol. The number of nitro groups is 1. The maximum Gasteiger partial charge on any atom is 0.295 e. The molecule has 0 aliphatic carbocycles. The van der Waals surface area contributed by atoms with Gasteiger partial charge < -0.3 is 20.3 Å². The van der Waals surface area contributed by atoms with Crippen molar-refractivity contribution in [3.05, 3.63) is 58.4 Å². The fourth-order valence-corrected chi connectivity index (χ4v) is 2.45. The second kappa shape index (κ2) is 9.42. The SMILES string of the molecule is COc1ccc(NC(=O)C[NH+](C)CC(=O)Nc2ccc(F)cc2[N+](=O)[O-])cc1. The topological polar surface area (TPSA) is 115 Å². The molecule has 148 valence electrons. The van der Waals surface area contributed by atoms with Crippen LogP contribution >= 0.6 is 0 Å². The summed E-state index contributed by atoms with van der Waals surface area (Å²) in [5, 5.41) is 16.0. The first-order valence-electron chi connectivity index (χ1n) is 8.27. The third kappa shape index (κ3) is 6.02. The molecule has 0 fully saturated rings. The largest absolute Gasteiger partial charge is 0.497 e. The van der Waals surface area contributed by atoms with Gasteiger partial charge >= 0.3 is 0 Å². The highest BCUT2D eigenvalue weighted by Gasteiger charge is 2.20. The Kier molecular flexibility index (Phi) is 6.99. The van der Waals surface area contributed by atoms with Crippen molar-refractivity contribution in [2.75, 3.05) is 37.9 Å². The Labute approximate surface area is 160 Å². The lowest BCUT2D eigenvalue weighted by Crippen LogP contribution is -3.11. The molecule has 28 heavy (non-hydrogen) atoms.